The van der Waals surface area contributed by atoms with Crippen molar-refractivity contribution in [1.82, 2.24) is 0 Å². The van der Waals surface area contributed by atoms with Gasteiger partial charge in [0.1, 0.15) is 63.2 Å². The van der Waals surface area contributed by atoms with Crippen LogP contribution in [0.15, 0.2) is 0 Å². The number of ether oxygens (including phenoxy) is 5. The zero-order chi connectivity index (χ0) is 26.4. The molecule has 0 saturated carbocycles. The molecule has 5 atom stereocenters. The number of hydrogen-bond acceptors (Lipinski definition) is 16. The van der Waals surface area contributed by atoms with E-state index in [1.165, 1.54) is 0 Å². The number of carboxylic acids is 1. The molecule has 0 bridgehead atoms. The number of carboxylic acid groups (broad SMARTS) is 1. The first-order valence-electron chi connectivity index (χ1n) is 9.56. The fraction of sp³-hybridized carbons (Fsp3) is 0.647. The molecule has 0 rings (SSSR count). The fourth-order valence-corrected chi connectivity index (χ4v) is 1.67. The Balaban J connectivity index is 4.28. The van der Waals surface area contributed by atoms with Crippen LogP contribution in [0.3, 0.4) is 0 Å². The van der Waals surface area contributed by atoms with Gasteiger partial charge in [0.2, 0.25) is 0 Å². The Morgan fingerprint density at radius 2 is 0.765 bits per heavy atom. The van der Waals surface area contributed by atoms with Crippen molar-refractivity contribution in [2.45, 2.75) is 37.1 Å². The predicted molar refractivity (Wildman–Crippen MR) is 108 cm³/mol. The van der Waals surface area contributed by atoms with Crippen LogP contribution in [-0.2, 0) is 52.5 Å². The van der Waals surface area contributed by atoms with Crippen molar-refractivity contribution in [2.75, 3.05) is 33.0 Å². The third kappa shape index (κ3) is 12.6. The second-order valence-corrected chi connectivity index (χ2v) is 6.69. The van der Waals surface area contributed by atoms with Crippen molar-refractivity contribution in [2.24, 2.45) is 28.7 Å². The smallest absolute Gasteiger partial charge is 0.326 e. The largest absolute Gasteiger partial charge is 0.480 e. The number of carbonyl (C=O) groups excluding carboxylic acids is 5. The minimum atomic E-state index is -1.47. The van der Waals surface area contributed by atoms with Crippen molar-refractivity contribution in [3.05, 3.63) is 0 Å². The minimum absolute atomic E-state index is 0.429. The van der Waals surface area contributed by atoms with Crippen molar-refractivity contribution in [1.29, 1.82) is 0 Å². The number of aliphatic carboxylic acids is 1. The third-order valence-electron chi connectivity index (χ3n) is 3.61. The van der Waals surface area contributed by atoms with Gasteiger partial charge in [-0.3, -0.25) is 28.8 Å². The molecule has 0 aliphatic heterocycles. The molecule has 0 fully saturated rings. The lowest BCUT2D eigenvalue weighted by Crippen LogP contribution is -2.45. The van der Waals surface area contributed by atoms with Gasteiger partial charge in [-0.1, -0.05) is 0 Å². The molecular weight excluding hydrogens is 466 g/mol. The van der Waals surface area contributed by atoms with E-state index in [0.717, 1.165) is 6.92 Å². The van der Waals surface area contributed by atoms with Gasteiger partial charge in [-0.2, -0.15) is 0 Å². The summed E-state index contributed by atoms with van der Waals surface area (Å²) in [5.41, 5.74) is 27.0. The molecule has 0 amide bonds. The first kappa shape index (κ1) is 30.6. The number of rotatable bonds is 15. The van der Waals surface area contributed by atoms with Gasteiger partial charge in [0.15, 0.2) is 0 Å². The van der Waals surface area contributed by atoms with Gasteiger partial charge in [0, 0.05) is 6.92 Å². The molecule has 0 aliphatic rings. The molecule has 17 heteroatoms. The summed E-state index contributed by atoms with van der Waals surface area (Å²) >= 11 is 0. The van der Waals surface area contributed by atoms with Crippen LogP contribution in [0.2, 0.25) is 0 Å². The van der Waals surface area contributed by atoms with E-state index < -0.39 is 99.1 Å². The van der Waals surface area contributed by atoms with E-state index >= 15 is 0 Å². The van der Waals surface area contributed by atoms with Crippen molar-refractivity contribution in [3.8, 4) is 0 Å². The summed E-state index contributed by atoms with van der Waals surface area (Å²) in [5.74, 6) is -6.26. The van der Waals surface area contributed by atoms with Crippen LogP contribution in [0.4, 0.5) is 0 Å². The molecule has 0 aromatic rings. The normalized spacial score (nSPS) is 15.0. The van der Waals surface area contributed by atoms with Crippen LogP contribution in [0.25, 0.3) is 0 Å². The summed E-state index contributed by atoms with van der Waals surface area (Å²) in [7, 11) is 0. The Morgan fingerprint density at radius 3 is 1.00 bits per heavy atom. The molecular formula is C17H29N5O12. The summed E-state index contributed by atoms with van der Waals surface area (Å²) in [5, 5.41) is 8.59. The number of nitrogens with two attached hydrogens (primary N) is 5. The maximum atomic E-state index is 11.8. The van der Waals surface area contributed by atoms with E-state index in [1.54, 1.807) is 0 Å². The van der Waals surface area contributed by atoms with E-state index in [-0.39, 0.29) is 0 Å². The lowest BCUT2D eigenvalue weighted by Gasteiger charge is -2.17. The van der Waals surface area contributed by atoms with Crippen molar-refractivity contribution in [3.63, 3.8) is 0 Å². The quantitative estimate of drug-likeness (QED) is 0.0910. The van der Waals surface area contributed by atoms with E-state index in [2.05, 4.69) is 9.47 Å². The topological polar surface area (TPSA) is 299 Å². The molecule has 34 heavy (non-hydrogen) atoms. The zero-order valence-electron chi connectivity index (χ0n) is 18.2. The molecule has 0 unspecified atom stereocenters. The molecule has 0 heterocycles. The highest BCUT2D eigenvalue weighted by Crippen LogP contribution is 1.97. The maximum absolute atomic E-state index is 11.8. The van der Waals surface area contributed by atoms with Gasteiger partial charge in [-0.15, -0.1) is 0 Å². The van der Waals surface area contributed by atoms with Gasteiger partial charge in [-0.25, -0.2) is 0 Å². The van der Waals surface area contributed by atoms with E-state index in [9.17, 15) is 28.8 Å². The monoisotopic (exact) mass is 495 g/mol. The summed E-state index contributed by atoms with van der Waals surface area (Å²) in [6, 6.07) is -7.09. The molecule has 0 radical (unpaired) electrons. The van der Waals surface area contributed by atoms with Crippen LogP contribution in [-0.4, -0.2) is 104 Å². The van der Waals surface area contributed by atoms with Gasteiger partial charge in [-0.05, 0) is 0 Å². The molecule has 17 nitrogen and oxygen atoms in total. The van der Waals surface area contributed by atoms with E-state index in [4.69, 9.17) is 48.0 Å². The SMILES string of the molecule is CC(=O)OC[C@H](N)C(=O)OC[C@H](N)C(=O)OC[C@H](N)C(=O)OC[C@H](N)C(=O)OC[C@H](N)C(=O)O. The Kier molecular flexibility index (Phi) is 13.9. The van der Waals surface area contributed by atoms with Crippen LogP contribution in [0.1, 0.15) is 6.92 Å². The summed E-state index contributed by atoms with van der Waals surface area (Å²) < 4.78 is 23.2. The van der Waals surface area contributed by atoms with Crippen LogP contribution in [0.5, 0.6) is 0 Å². The second kappa shape index (κ2) is 15.5. The van der Waals surface area contributed by atoms with Crippen molar-refractivity contribution < 1.29 is 57.6 Å². The molecule has 11 N–H and O–H groups in total. The number of esters is 5. The second-order valence-electron chi connectivity index (χ2n) is 6.69. The lowest BCUT2D eigenvalue weighted by molar-refractivity contribution is -0.155. The minimum Gasteiger partial charge on any atom is -0.480 e. The standard InChI is InChI=1S/C17H29N5O12/c1-7(23)30-3-9(19)14(26)32-5-11(21)16(28)34-6-12(22)17(29)33-4-10(20)15(27)31-2-8(18)13(24)25/h8-12H,2-6,18-22H2,1H3,(H,24,25)/t8-,9-,10-,11-,12-/m0/s1. The molecule has 0 aromatic heterocycles. The Labute approximate surface area is 193 Å². The van der Waals surface area contributed by atoms with Crippen LogP contribution < -0.4 is 28.7 Å². The molecule has 194 valence electrons. The maximum Gasteiger partial charge on any atom is 0.326 e. The average molecular weight is 495 g/mol. The molecule has 0 aromatic carbocycles. The summed E-state index contributed by atoms with van der Waals surface area (Å²) in [6.07, 6.45) is 0. The predicted octanol–water partition coefficient (Wildman–Crippen LogP) is -5.56. The van der Waals surface area contributed by atoms with Gasteiger partial charge in [0.05, 0.1) is 0 Å². The Morgan fingerprint density at radius 1 is 0.529 bits per heavy atom. The Bertz CT molecular complexity index is 748. The molecule has 0 aliphatic carbocycles. The van der Waals surface area contributed by atoms with Crippen LogP contribution in [0, 0.1) is 0 Å². The van der Waals surface area contributed by atoms with E-state index in [1.807, 2.05) is 0 Å². The van der Waals surface area contributed by atoms with E-state index in [0.29, 0.717) is 0 Å². The first-order chi connectivity index (χ1) is 15.8. The third-order valence-corrected chi connectivity index (χ3v) is 3.61. The highest BCUT2D eigenvalue weighted by molar-refractivity contribution is 5.80. The Hall–Kier alpha value is -3.38. The fourth-order valence-electron chi connectivity index (χ4n) is 1.67. The molecule has 0 spiro atoms. The highest BCUT2D eigenvalue weighted by Gasteiger charge is 2.25. The summed E-state index contributed by atoms with van der Waals surface area (Å²) in [6.45, 7) is -1.90. The van der Waals surface area contributed by atoms with Gasteiger partial charge < -0.3 is 57.5 Å². The zero-order valence-corrected chi connectivity index (χ0v) is 18.2. The average Bonchev–Trinajstić information content (AvgIpc) is 2.79. The van der Waals surface area contributed by atoms with Gasteiger partial charge >= 0.3 is 35.8 Å². The van der Waals surface area contributed by atoms with Gasteiger partial charge in [0.25, 0.3) is 0 Å². The van der Waals surface area contributed by atoms with Crippen molar-refractivity contribution >= 4 is 35.8 Å². The van der Waals surface area contributed by atoms with Crippen LogP contribution >= 0.6 is 0 Å². The lowest BCUT2D eigenvalue weighted by atomic mass is 10.3. The number of carbonyl (C=O) groups is 6. The highest BCUT2D eigenvalue weighted by atomic mass is 16.6. The number of hydrogen-bond donors (Lipinski definition) is 6. The first-order valence-corrected chi connectivity index (χ1v) is 9.56. The molecule has 0 saturated heterocycles. The summed E-state index contributed by atoms with van der Waals surface area (Å²) in [4.78, 5) is 68.1.